The maximum Gasteiger partial charge on any atom is 0.123 e. The first-order valence-electron chi connectivity index (χ1n) is 6.21. The molecule has 0 atom stereocenters. The summed E-state index contributed by atoms with van der Waals surface area (Å²) in [6, 6.07) is 14.7. The van der Waals surface area contributed by atoms with E-state index in [9.17, 15) is 4.39 Å². The Hall–Kier alpha value is -2.07. The van der Waals surface area contributed by atoms with E-state index in [-0.39, 0.29) is 5.82 Å². The molecule has 1 aromatic heterocycles. The highest BCUT2D eigenvalue weighted by molar-refractivity contribution is 7.98. The van der Waals surface area contributed by atoms with Gasteiger partial charge in [-0.05, 0) is 42.7 Å². The normalized spacial score (nSPS) is 10.7. The van der Waals surface area contributed by atoms with Crippen LogP contribution in [-0.4, -0.2) is 16.2 Å². The number of hydrogen-bond acceptors (Lipinski definition) is 2. The zero-order valence-corrected chi connectivity index (χ0v) is 11.7. The molecule has 0 amide bonds. The second-order valence-corrected chi connectivity index (χ2v) is 5.24. The average molecular weight is 284 g/mol. The van der Waals surface area contributed by atoms with E-state index >= 15 is 0 Å². The van der Waals surface area contributed by atoms with Gasteiger partial charge in [0.25, 0.3) is 0 Å². The Bertz CT molecular complexity index is 702. The summed E-state index contributed by atoms with van der Waals surface area (Å²) >= 11 is 1.71. The molecule has 3 aromatic rings. The lowest BCUT2D eigenvalue weighted by molar-refractivity contribution is 0.628. The molecule has 0 saturated heterocycles. The summed E-state index contributed by atoms with van der Waals surface area (Å²) in [6.07, 6.45) is 3.71. The Kier molecular flexibility index (Phi) is 3.56. The fourth-order valence-corrected chi connectivity index (χ4v) is 2.51. The number of hydrogen-bond donors (Lipinski definition) is 1. The number of halogens is 1. The highest BCUT2D eigenvalue weighted by Crippen LogP contribution is 2.30. The quantitative estimate of drug-likeness (QED) is 0.712. The molecule has 4 heteroatoms. The molecule has 0 aliphatic rings. The number of nitrogens with one attached hydrogen (secondary N) is 1. The van der Waals surface area contributed by atoms with Gasteiger partial charge >= 0.3 is 0 Å². The van der Waals surface area contributed by atoms with Crippen LogP contribution in [0.4, 0.5) is 4.39 Å². The smallest absolute Gasteiger partial charge is 0.123 e. The van der Waals surface area contributed by atoms with Crippen molar-refractivity contribution in [2.75, 3.05) is 6.26 Å². The first-order valence-corrected chi connectivity index (χ1v) is 7.44. The standard InChI is InChI=1S/C16H13FN2S/c1-20-14-8-4-12(5-9-14)16-15(18-10-19-16)11-2-6-13(17)7-3-11/h2-10H,1H3,(H,18,19). The van der Waals surface area contributed by atoms with Crippen LogP contribution in [0.1, 0.15) is 0 Å². The lowest BCUT2D eigenvalue weighted by atomic mass is 10.1. The molecule has 0 spiro atoms. The number of aromatic nitrogens is 2. The SMILES string of the molecule is CSc1ccc(-c2nc[nH]c2-c2ccc(F)cc2)cc1. The van der Waals surface area contributed by atoms with Gasteiger partial charge in [0, 0.05) is 16.0 Å². The summed E-state index contributed by atoms with van der Waals surface area (Å²) in [5.41, 5.74) is 3.75. The van der Waals surface area contributed by atoms with Gasteiger partial charge in [0.1, 0.15) is 5.82 Å². The number of rotatable bonds is 3. The third-order valence-electron chi connectivity index (χ3n) is 3.14. The molecule has 0 aliphatic carbocycles. The van der Waals surface area contributed by atoms with Crippen LogP contribution in [-0.2, 0) is 0 Å². The molecule has 0 fully saturated rings. The number of nitrogens with zero attached hydrogens (tertiary/aromatic N) is 1. The molecule has 1 heterocycles. The van der Waals surface area contributed by atoms with Gasteiger partial charge in [0.15, 0.2) is 0 Å². The average Bonchev–Trinajstić information content (AvgIpc) is 2.97. The van der Waals surface area contributed by atoms with Crippen molar-refractivity contribution < 1.29 is 4.39 Å². The summed E-state index contributed by atoms with van der Waals surface area (Å²) in [7, 11) is 0. The van der Waals surface area contributed by atoms with Crippen LogP contribution in [0.15, 0.2) is 59.8 Å². The zero-order valence-electron chi connectivity index (χ0n) is 10.9. The Morgan fingerprint density at radius 3 is 2.25 bits per heavy atom. The minimum atomic E-state index is -0.237. The molecule has 3 rings (SSSR count). The van der Waals surface area contributed by atoms with Gasteiger partial charge in [-0.15, -0.1) is 11.8 Å². The van der Waals surface area contributed by atoms with Crippen LogP contribution in [0, 0.1) is 5.82 Å². The fourth-order valence-electron chi connectivity index (χ4n) is 2.10. The zero-order chi connectivity index (χ0) is 13.9. The number of imidazole rings is 1. The van der Waals surface area contributed by atoms with E-state index in [1.54, 1.807) is 30.2 Å². The molecule has 0 bridgehead atoms. The molecule has 100 valence electrons. The predicted octanol–water partition coefficient (Wildman–Crippen LogP) is 4.60. The van der Waals surface area contributed by atoms with E-state index in [0.717, 1.165) is 22.5 Å². The van der Waals surface area contributed by atoms with Gasteiger partial charge in [0.2, 0.25) is 0 Å². The van der Waals surface area contributed by atoms with Crippen LogP contribution in [0.3, 0.4) is 0 Å². The maximum absolute atomic E-state index is 13.0. The van der Waals surface area contributed by atoms with E-state index in [2.05, 4.69) is 34.2 Å². The van der Waals surface area contributed by atoms with Crippen molar-refractivity contribution >= 4 is 11.8 Å². The molecule has 0 unspecified atom stereocenters. The first-order chi connectivity index (χ1) is 9.78. The molecule has 0 saturated carbocycles. The van der Waals surface area contributed by atoms with Crippen LogP contribution < -0.4 is 0 Å². The second kappa shape index (κ2) is 5.51. The Morgan fingerprint density at radius 1 is 0.950 bits per heavy atom. The molecule has 2 aromatic carbocycles. The lowest BCUT2D eigenvalue weighted by Crippen LogP contribution is -1.84. The molecule has 0 radical (unpaired) electrons. The van der Waals surface area contributed by atoms with E-state index < -0.39 is 0 Å². The molecule has 2 nitrogen and oxygen atoms in total. The summed E-state index contributed by atoms with van der Waals surface area (Å²) < 4.78 is 13.0. The minimum absolute atomic E-state index is 0.237. The van der Waals surface area contributed by atoms with E-state index in [1.165, 1.54) is 17.0 Å². The first kappa shape index (κ1) is 12.9. The Balaban J connectivity index is 2.02. The summed E-state index contributed by atoms with van der Waals surface area (Å²) in [5.74, 6) is -0.237. The molecule has 0 aliphatic heterocycles. The fraction of sp³-hybridized carbons (Fsp3) is 0.0625. The number of H-pyrrole nitrogens is 1. The van der Waals surface area contributed by atoms with Crippen molar-refractivity contribution in [2.24, 2.45) is 0 Å². The lowest BCUT2D eigenvalue weighted by Gasteiger charge is -2.04. The summed E-state index contributed by atoms with van der Waals surface area (Å²) in [4.78, 5) is 8.73. The van der Waals surface area contributed by atoms with Gasteiger partial charge in [-0.3, -0.25) is 0 Å². The number of aromatic amines is 1. The minimum Gasteiger partial charge on any atom is -0.344 e. The molecular weight excluding hydrogens is 271 g/mol. The predicted molar refractivity (Wildman–Crippen MR) is 81.2 cm³/mol. The van der Waals surface area contributed by atoms with Crippen molar-refractivity contribution in [3.05, 3.63) is 60.7 Å². The van der Waals surface area contributed by atoms with Crippen molar-refractivity contribution in [3.8, 4) is 22.5 Å². The largest absolute Gasteiger partial charge is 0.344 e. The van der Waals surface area contributed by atoms with Crippen LogP contribution in [0.2, 0.25) is 0 Å². The third-order valence-corrected chi connectivity index (χ3v) is 3.88. The highest BCUT2D eigenvalue weighted by atomic mass is 32.2. The van der Waals surface area contributed by atoms with Gasteiger partial charge in [-0.25, -0.2) is 9.37 Å². The van der Waals surface area contributed by atoms with Crippen LogP contribution in [0.5, 0.6) is 0 Å². The van der Waals surface area contributed by atoms with E-state index in [0.29, 0.717) is 0 Å². The van der Waals surface area contributed by atoms with Gasteiger partial charge in [-0.1, -0.05) is 12.1 Å². The van der Waals surface area contributed by atoms with Gasteiger partial charge in [-0.2, -0.15) is 0 Å². The maximum atomic E-state index is 13.0. The monoisotopic (exact) mass is 284 g/mol. The third kappa shape index (κ3) is 2.47. The van der Waals surface area contributed by atoms with Crippen LogP contribution in [0.25, 0.3) is 22.5 Å². The van der Waals surface area contributed by atoms with Gasteiger partial charge in [0.05, 0.1) is 17.7 Å². The second-order valence-electron chi connectivity index (χ2n) is 4.36. The van der Waals surface area contributed by atoms with Crippen LogP contribution >= 0.6 is 11.8 Å². The van der Waals surface area contributed by atoms with Crippen molar-refractivity contribution in [2.45, 2.75) is 4.90 Å². The topological polar surface area (TPSA) is 28.7 Å². The van der Waals surface area contributed by atoms with E-state index in [4.69, 9.17) is 0 Å². The Morgan fingerprint density at radius 2 is 1.60 bits per heavy atom. The van der Waals surface area contributed by atoms with Crippen molar-refractivity contribution in [1.29, 1.82) is 0 Å². The molecule has 1 N–H and O–H groups in total. The number of benzene rings is 2. The Labute approximate surface area is 121 Å². The van der Waals surface area contributed by atoms with Gasteiger partial charge < -0.3 is 4.98 Å². The highest BCUT2D eigenvalue weighted by Gasteiger charge is 2.10. The van der Waals surface area contributed by atoms with Crippen molar-refractivity contribution in [3.63, 3.8) is 0 Å². The summed E-state index contributed by atoms with van der Waals surface area (Å²) in [5, 5.41) is 0. The molecule has 20 heavy (non-hydrogen) atoms. The molecular formula is C16H13FN2S. The van der Waals surface area contributed by atoms with E-state index in [1.807, 2.05) is 6.26 Å². The summed E-state index contributed by atoms with van der Waals surface area (Å²) in [6.45, 7) is 0. The van der Waals surface area contributed by atoms with Crippen molar-refractivity contribution in [1.82, 2.24) is 9.97 Å². The number of thioether (sulfide) groups is 1.